The lowest BCUT2D eigenvalue weighted by Gasteiger charge is -2.17. The Bertz CT molecular complexity index is 386. The van der Waals surface area contributed by atoms with Crippen LogP contribution in [0.25, 0.3) is 0 Å². The third-order valence-corrected chi connectivity index (χ3v) is 3.89. The summed E-state index contributed by atoms with van der Waals surface area (Å²) in [7, 11) is 0. The zero-order chi connectivity index (χ0) is 12.4. The Kier molecular flexibility index (Phi) is 3.66. The summed E-state index contributed by atoms with van der Waals surface area (Å²) in [5, 5.41) is 8.03. The van der Waals surface area contributed by atoms with Crippen molar-refractivity contribution < 1.29 is 4.74 Å². The molecule has 1 aliphatic heterocycles. The third kappa shape index (κ3) is 2.75. The van der Waals surface area contributed by atoms with Crippen LogP contribution < -0.4 is 5.32 Å². The maximum Gasteiger partial charge on any atom is 0.0896 e. The maximum atomic E-state index is 5.90. The first-order valence-corrected chi connectivity index (χ1v) is 7.24. The van der Waals surface area contributed by atoms with E-state index in [1.165, 1.54) is 24.8 Å². The van der Waals surface area contributed by atoms with Crippen LogP contribution in [0.4, 0.5) is 0 Å². The predicted molar refractivity (Wildman–Crippen MR) is 70.3 cm³/mol. The summed E-state index contributed by atoms with van der Waals surface area (Å²) in [4.78, 5) is 0. The van der Waals surface area contributed by atoms with Gasteiger partial charge in [-0.2, -0.15) is 5.10 Å². The van der Waals surface area contributed by atoms with Crippen LogP contribution in [0.1, 0.15) is 44.3 Å². The highest BCUT2D eigenvalue weighted by Crippen LogP contribution is 2.34. The zero-order valence-electron chi connectivity index (χ0n) is 11.1. The minimum atomic E-state index is 0.252. The molecule has 0 aromatic carbocycles. The van der Waals surface area contributed by atoms with Gasteiger partial charge in [0.25, 0.3) is 0 Å². The fourth-order valence-electron chi connectivity index (χ4n) is 2.69. The first-order valence-electron chi connectivity index (χ1n) is 7.24. The van der Waals surface area contributed by atoms with Crippen LogP contribution in [0.15, 0.2) is 12.4 Å². The van der Waals surface area contributed by atoms with Crippen molar-refractivity contribution in [1.82, 2.24) is 15.1 Å². The van der Waals surface area contributed by atoms with Crippen LogP contribution in [-0.2, 0) is 11.3 Å². The van der Waals surface area contributed by atoms with E-state index in [0.717, 1.165) is 32.2 Å². The zero-order valence-corrected chi connectivity index (χ0v) is 11.1. The second-order valence-corrected chi connectivity index (χ2v) is 5.56. The van der Waals surface area contributed by atoms with Gasteiger partial charge >= 0.3 is 0 Å². The van der Waals surface area contributed by atoms with Gasteiger partial charge in [0.1, 0.15) is 0 Å². The van der Waals surface area contributed by atoms with Crippen molar-refractivity contribution in [2.75, 3.05) is 13.2 Å². The molecule has 0 spiro atoms. The molecule has 4 nitrogen and oxygen atoms in total. The summed E-state index contributed by atoms with van der Waals surface area (Å²) >= 11 is 0. The van der Waals surface area contributed by atoms with Crippen molar-refractivity contribution in [2.24, 2.45) is 5.92 Å². The number of hydrogen-bond acceptors (Lipinski definition) is 3. The molecule has 1 aromatic heterocycles. The van der Waals surface area contributed by atoms with Gasteiger partial charge in [-0.3, -0.25) is 4.68 Å². The second kappa shape index (κ2) is 5.41. The number of nitrogens with one attached hydrogen (secondary N) is 1. The number of ether oxygens (including phenoxy) is 1. The van der Waals surface area contributed by atoms with Crippen molar-refractivity contribution in [1.29, 1.82) is 0 Å². The maximum absolute atomic E-state index is 5.90. The Balaban J connectivity index is 1.60. The molecule has 100 valence electrons. The molecule has 1 saturated heterocycles. The van der Waals surface area contributed by atoms with Crippen molar-refractivity contribution in [3.63, 3.8) is 0 Å². The first kappa shape index (κ1) is 12.2. The van der Waals surface area contributed by atoms with Gasteiger partial charge in [0.05, 0.1) is 12.3 Å². The summed E-state index contributed by atoms with van der Waals surface area (Å²) in [5.74, 6) is 0.616. The van der Waals surface area contributed by atoms with Gasteiger partial charge in [-0.25, -0.2) is 0 Å². The number of aryl methyl sites for hydroxylation is 1. The first-order chi connectivity index (χ1) is 8.86. The van der Waals surface area contributed by atoms with E-state index in [1.807, 2.05) is 10.9 Å². The van der Waals surface area contributed by atoms with Gasteiger partial charge in [0.15, 0.2) is 0 Å². The van der Waals surface area contributed by atoms with E-state index in [9.17, 15) is 0 Å². The minimum Gasteiger partial charge on any atom is -0.373 e. The van der Waals surface area contributed by atoms with Crippen LogP contribution in [0.3, 0.4) is 0 Å². The van der Waals surface area contributed by atoms with Gasteiger partial charge in [0, 0.05) is 43.4 Å². The van der Waals surface area contributed by atoms with Crippen LogP contribution >= 0.6 is 0 Å². The number of rotatable bonds is 6. The summed E-state index contributed by atoms with van der Waals surface area (Å²) < 4.78 is 7.93. The highest BCUT2D eigenvalue weighted by Gasteiger charge is 2.32. The fourth-order valence-corrected chi connectivity index (χ4v) is 2.69. The smallest absolute Gasteiger partial charge is 0.0896 e. The van der Waals surface area contributed by atoms with Crippen LogP contribution in [0, 0.1) is 5.92 Å². The minimum absolute atomic E-state index is 0.252. The van der Waals surface area contributed by atoms with E-state index in [2.05, 4.69) is 23.5 Å². The van der Waals surface area contributed by atoms with E-state index < -0.39 is 0 Å². The molecule has 1 aromatic rings. The van der Waals surface area contributed by atoms with Crippen molar-refractivity contribution in [2.45, 2.75) is 51.3 Å². The van der Waals surface area contributed by atoms with E-state index in [1.54, 1.807) is 0 Å². The molecule has 0 radical (unpaired) electrons. The Morgan fingerprint density at radius 3 is 3.11 bits per heavy atom. The Morgan fingerprint density at radius 2 is 2.33 bits per heavy atom. The molecule has 2 atom stereocenters. The molecule has 0 amide bonds. The third-order valence-electron chi connectivity index (χ3n) is 3.89. The van der Waals surface area contributed by atoms with E-state index in [-0.39, 0.29) is 6.10 Å². The average molecular weight is 249 g/mol. The van der Waals surface area contributed by atoms with Gasteiger partial charge < -0.3 is 10.1 Å². The summed E-state index contributed by atoms with van der Waals surface area (Å²) in [6.07, 6.45) is 9.39. The summed E-state index contributed by atoms with van der Waals surface area (Å²) in [6.45, 7) is 5.16. The molecular weight excluding hydrogens is 226 g/mol. The van der Waals surface area contributed by atoms with E-state index >= 15 is 0 Å². The van der Waals surface area contributed by atoms with Gasteiger partial charge in [-0.15, -0.1) is 0 Å². The lowest BCUT2D eigenvalue weighted by Crippen LogP contribution is -2.26. The highest BCUT2D eigenvalue weighted by atomic mass is 16.5. The van der Waals surface area contributed by atoms with Gasteiger partial charge in [-0.1, -0.05) is 6.92 Å². The van der Waals surface area contributed by atoms with E-state index in [4.69, 9.17) is 4.74 Å². The molecule has 3 rings (SSSR count). The van der Waals surface area contributed by atoms with E-state index in [0.29, 0.717) is 5.92 Å². The monoisotopic (exact) mass is 249 g/mol. The van der Waals surface area contributed by atoms with Crippen molar-refractivity contribution in [3.8, 4) is 0 Å². The molecule has 2 unspecified atom stereocenters. The molecule has 18 heavy (non-hydrogen) atoms. The van der Waals surface area contributed by atoms with Crippen LogP contribution in [-0.4, -0.2) is 29.0 Å². The molecule has 2 aliphatic rings. The molecule has 1 aliphatic carbocycles. The lowest BCUT2D eigenvalue weighted by atomic mass is 9.97. The Hall–Kier alpha value is -0.870. The van der Waals surface area contributed by atoms with Gasteiger partial charge in [0.2, 0.25) is 0 Å². The number of aromatic nitrogens is 2. The lowest BCUT2D eigenvalue weighted by molar-refractivity contribution is 0.0903. The van der Waals surface area contributed by atoms with Crippen LogP contribution in [0.5, 0.6) is 0 Å². The predicted octanol–water partition coefficient (Wildman–Crippen LogP) is 2.12. The molecule has 4 heteroatoms. The van der Waals surface area contributed by atoms with Crippen molar-refractivity contribution in [3.05, 3.63) is 18.0 Å². The molecule has 2 fully saturated rings. The largest absolute Gasteiger partial charge is 0.373 e. The summed E-state index contributed by atoms with van der Waals surface area (Å²) in [5.41, 5.74) is 1.25. The number of hydrogen-bond donors (Lipinski definition) is 1. The number of nitrogens with zero attached hydrogens (tertiary/aromatic N) is 2. The van der Waals surface area contributed by atoms with Crippen molar-refractivity contribution >= 4 is 0 Å². The Labute approximate surface area is 109 Å². The Morgan fingerprint density at radius 1 is 1.44 bits per heavy atom. The highest BCUT2D eigenvalue weighted by molar-refractivity contribution is 5.11. The topological polar surface area (TPSA) is 39.1 Å². The van der Waals surface area contributed by atoms with Crippen LogP contribution in [0.2, 0.25) is 0 Å². The molecule has 1 saturated carbocycles. The molecular formula is C14H23N3O. The fraction of sp³-hybridized carbons (Fsp3) is 0.786. The SMILES string of the molecule is CCCn1cc(C2OCCC2CNC2CC2)cn1. The average Bonchev–Trinajstić information content (AvgIpc) is 2.89. The summed E-state index contributed by atoms with van der Waals surface area (Å²) in [6, 6.07) is 0.786. The quantitative estimate of drug-likeness (QED) is 0.839. The molecule has 2 heterocycles. The normalized spacial score (nSPS) is 27.8. The van der Waals surface area contributed by atoms with Gasteiger partial charge in [-0.05, 0) is 25.7 Å². The second-order valence-electron chi connectivity index (χ2n) is 5.56. The molecule has 1 N–H and O–H groups in total. The molecule has 0 bridgehead atoms. The standard InChI is InChI=1S/C14H23N3O/c1-2-6-17-10-12(9-16-17)14-11(5-7-18-14)8-15-13-3-4-13/h9-11,13-15H,2-8H2,1H3.